The van der Waals surface area contributed by atoms with Crippen LogP contribution in [-0.2, 0) is 14.3 Å². The molecule has 0 aromatic carbocycles. The van der Waals surface area contributed by atoms with E-state index >= 15 is 0 Å². The molecule has 0 aromatic heterocycles. The first-order valence-electron chi connectivity index (χ1n) is 9.86. The van der Waals surface area contributed by atoms with Crippen molar-refractivity contribution in [1.29, 1.82) is 0 Å². The summed E-state index contributed by atoms with van der Waals surface area (Å²) in [5, 5.41) is 10.9. The molecule has 8 atom stereocenters. The second kappa shape index (κ2) is 4.64. The van der Waals surface area contributed by atoms with Gasteiger partial charge in [0.15, 0.2) is 17.2 Å². The van der Waals surface area contributed by atoms with E-state index in [0.29, 0.717) is 24.2 Å². The molecule has 3 saturated carbocycles. The van der Waals surface area contributed by atoms with Crippen LogP contribution in [0.3, 0.4) is 0 Å². The van der Waals surface area contributed by atoms with Crippen LogP contribution in [0.25, 0.3) is 0 Å². The third kappa shape index (κ3) is 1.71. The van der Waals surface area contributed by atoms with Gasteiger partial charge in [-0.3, -0.25) is 9.59 Å². The molecule has 0 aromatic rings. The molecular formula is C21H28O4. The molecule has 4 nitrogen and oxygen atoms in total. The van der Waals surface area contributed by atoms with Crippen LogP contribution in [0.15, 0.2) is 11.6 Å². The van der Waals surface area contributed by atoms with Crippen LogP contribution in [-0.4, -0.2) is 34.5 Å². The summed E-state index contributed by atoms with van der Waals surface area (Å²) in [4.78, 5) is 24.3. The normalized spacial score (nSPS) is 56.2. The minimum absolute atomic E-state index is 0.0609. The molecule has 1 aliphatic heterocycles. The van der Waals surface area contributed by atoms with Gasteiger partial charge in [-0.15, -0.1) is 0 Å². The van der Waals surface area contributed by atoms with Gasteiger partial charge in [0.25, 0.3) is 0 Å². The number of rotatable bonds is 1. The van der Waals surface area contributed by atoms with E-state index in [9.17, 15) is 14.7 Å². The third-order valence-electron chi connectivity index (χ3n) is 8.93. The van der Waals surface area contributed by atoms with Gasteiger partial charge in [-0.05, 0) is 73.8 Å². The van der Waals surface area contributed by atoms with E-state index in [0.717, 1.165) is 37.7 Å². The predicted octanol–water partition coefficient (Wildman–Crippen LogP) is 2.83. The molecule has 5 aliphatic rings. The van der Waals surface area contributed by atoms with Crippen molar-refractivity contribution in [2.45, 2.75) is 77.1 Å². The molecule has 25 heavy (non-hydrogen) atoms. The summed E-state index contributed by atoms with van der Waals surface area (Å²) in [6.45, 7) is 6.21. The van der Waals surface area contributed by atoms with E-state index in [1.807, 2.05) is 0 Å². The Morgan fingerprint density at radius 1 is 1.24 bits per heavy atom. The molecule has 0 radical (unpaired) electrons. The van der Waals surface area contributed by atoms with E-state index in [-0.39, 0.29) is 28.5 Å². The van der Waals surface area contributed by atoms with Crippen molar-refractivity contribution in [2.24, 2.45) is 28.6 Å². The van der Waals surface area contributed by atoms with Gasteiger partial charge in [-0.1, -0.05) is 13.8 Å². The number of hydrogen-bond acceptors (Lipinski definition) is 4. The molecule has 1 N–H and O–H groups in total. The molecule has 136 valence electrons. The van der Waals surface area contributed by atoms with Gasteiger partial charge < -0.3 is 9.84 Å². The quantitative estimate of drug-likeness (QED) is 0.743. The third-order valence-corrected chi connectivity index (χ3v) is 8.93. The van der Waals surface area contributed by atoms with Crippen molar-refractivity contribution < 1.29 is 19.4 Å². The highest BCUT2D eigenvalue weighted by Crippen LogP contribution is 2.73. The number of Topliss-reactive ketones (excluding diaryl/α,β-unsaturated/α-hetero) is 1. The first kappa shape index (κ1) is 16.2. The Morgan fingerprint density at radius 3 is 2.72 bits per heavy atom. The fraction of sp³-hybridized carbons (Fsp3) is 0.810. The zero-order chi connectivity index (χ0) is 17.8. The number of ketones is 2. The highest BCUT2D eigenvalue weighted by atomic mass is 16.6. The minimum atomic E-state index is -0.548. The number of carbonyl (C=O) groups is 2. The van der Waals surface area contributed by atoms with Crippen molar-refractivity contribution in [3.63, 3.8) is 0 Å². The van der Waals surface area contributed by atoms with E-state index in [1.54, 1.807) is 13.0 Å². The lowest BCUT2D eigenvalue weighted by atomic mass is 9.46. The summed E-state index contributed by atoms with van der Waals surface area (Å²) >= 11 is 0. The van der Waals surface area contributed by atoms with Crippen molar-refractivity contribution >= 4 is 11.6 Å². The average molecular weight is 344 g/mol. The highest BCUT2D eigenvalue weighted by molar-refractivity contribution is 5.92. The summed E-state index contributed by atoms with van der Waals surface area (Å²) < 4.78 is 5.96. The largest absolute Gasteiger partial charge is 0.389 e. The Morgan fingerprint density at radius 2 is 2.00 bits per heavy atom. The Balaban J connectivity index is 1.54. The first-order chi connectivity index (χ1) is 11.7. The van der Waals surface area contributed by atoms with Gasteiger partial charge in [0.1, 0.15) is 0 Å². The molecule has 4 aliphatic carbocycles. The zero-order valence-corrected chi connectivity index (χ0v) is 15.4. The van der Waals surface area contributed by atoms with Gasteiger partial charge in [-0.25, -0.2) is 0 Å². The average Bonchev–Trinajstić information content (AvgIpc) is 3.23. The molecule has 0 spiro atoms. The smallest absolute Gasteiger partial charge is 0.164 e. The molecule has 0 amide bonds. The van der Waals surface area contributed by atoms with E-state index in [4.69, 9.17) is 4.74 Å². The number of epoxide rings is 1. The maximum absolute atomic E-state index is 12.4. The van der Waals surface area contributed by atoms with Crippen LogP contribution in [0.2, 0.25) is 0 Å². The van der Waals surface area contributed by atoms with Gasteiger partial charge in [-0.2, -0.15) is 0 Å². The number of carbonyl (C=O) groups excluding carboxylic acids is 2. The number of aliphatic hydroxyl groups is 1. The van der Waals surface area contributed by atoms with Gasteiger partial charge in [0.2, 0.25) is 0 Å². The highest BCUT2D eigenvalue weighted by Gasteiger charge is 2.79. The summed E-state index contributed by atoms with van der Waals surface area (Å²) in [7, 11) is 0. The maximum atomic E-state index is 12.4. The van der Waals surface area contributed by atoms with Crippen LogP contribution in [0, 0.1) is 28.6 Å². The van der Waals surface area contributed by atoms with Crippen LogP contribution < -0.4 is 0 Å². The first-order valence-corrected chi connectivity index (χ1v) is 9.86. The van der Waals surface area contributed by atoms with Crippen molar-refractivity contribution in [3.8, 4) is 0 Å². The number of fused-ring (bicyclic) bond motifs is 7. The summed E-state index contributed by atoms with van der Waals surface area (Å²) in [6, 6.07) is 0. The molecular weight excluding hydrogens is 316 g/mol. The number of aliphatic hydroxyl groups excluding tert-OH is 1. The summed E-state index contributed by atoms with van der Waals surface area (Å²) in [6.07, 6.45) is 6.55. The van der Waals surface area contributed by atoms with Gasteiger partial charge in [0.05, 0.1) is 12.2 Å². The fourth-order valence-electron chi connectivity index (χ4n) is 7.67. The van der Waals surface area contributed by atoms with Crippen molar-refractivity contribution in [2.75, 3.05) is 0 Å². The zero-order valence-electron chi connectivity index (χ0n) is 15.4. The maximum Gasteiger partial charge on any atom is 0.164 e. The van der Waals surface area contributed by atoms with E-state index in [1.165, 1.54) is 0 Å². The minimum Gasteiger partial charge on any atom is -0.389 e. The molecule has 4 heteroatoms. The SMILES string of the molecule is CC(=O)[C@@]12OC1C[C@H]1[C@@H]3C[C@@H](O)C4=CC(=O)CC[C@]4(C)[C@H]3CC[C@@]12C. The van der Waals surface area contributed by atoms with Crippen LogP contribution >= 0.6 is 0 Å². The topological polar surface area (TPSA) is 66.9 Å². The molecule has 4 fully saturated rings. The Hall–Kier alpha value is -1.00. The van der Waals surface area contributed by atoms with E-state index in [2.05, 4.69) is 13.8 Å². The Kier molecular flexibility index (Phi) is 3.00. The van der Waals surface area contributed by atoms with Crippen molar-refractivity contribution in [1.82, 2.24) is 0 Å². The lowest BCUT2D eigenvalue weighted by molar-refractivity contribution is -0.140. The van der Waals surface area contributed by atoms with Crippen LogP contribution in [0.1, 0.15) is 59.3 Å². The van der Waals surface area contributed by atoms with Gasteiger partial charge in [0, 0.05) is 11.8 Å². The fourth-order valence-corrected chi connectivity index (χ4v) is 7.67. The predicted molar refractivity (Wildman–Crippen MR) is 91.8 cm³/mol. The van der Waals surface area contributed by atoms with E-state index < -0.39 is 11.7 Å². The molecule has 1 heterocycles. The summed E-state index contributed by atoms with van der Waals surface area (Å²) in [5.74, 6) is 1.73. The number of ether oxygens (including phenoxy) is 1. The molecule has 5 rings (SSSR count). The second-order valence-electron chi connectivity index (χ2n) is 9.70. The Bertz CT molecular complexity index is 711. The Labute approximate surface area is 149 Å². The lowest BCUT2D eigenvalue weighted by Crippen LogP contribution is -2.56. The molecule has 1 saturated heterocycles. The molecule has 1 unspecified atom stereocenters. The van der Waals surface area contributed by atoms with Gasteiger partial charge >= 0.3 is 0 Å². The second-order valence-corrected chi connectivity index (χ2v) is 9.70. The number of hydrogen-bond donors (Lipinski definition) is 1. The lowest BCUT2D eigenvalue weighted by Gasteiger charge is -2.59. The standard InChI is InChI=1S/C21H28O4/c1-11(22)21-18(25-21)10-15-13-9-17(24)16-8-12(23)4-6-19(16,2)14(13)5-7-20(15,21)3/h8,13-15,17-18,24H,4-7,9-10H2,1-3H3/t13-,14+,15+,17-,18?,19-,20+,21-/m1/s1. The summed E-state index contributed by atoms with van der Waals surface area (Å²) in [5.41, 5.74) is 0.281. The van der Waals surface area contributed by atoms with Crippen LogP contribution in [0.4, 0.5) is 0 Å². The molecule has 0 bridgehead atoms. The monoisotopic (exact) mass is 344 g/mol. The van der Waals surface area contributed by atoms with Crippen LogP contribution in [0.5, 0.6) is 0 Å². The van der Waals surface area contributed by atoms with Crippen molar-refractivity contribution in [3.05, 3.63) is 11.6 Å².